The van der Waals surface area contributed by atoms with Crippen LogP contribution < -0.4 is 9.47 Å². The largest absolute Gasteiger partial charge is 0.481 e. The van der Waals surface area contributed by atoms with E-state index in [0.717, 1.165) is 10.0 Å². The maximum Gasteiger partial charge on any atom is 0.309 e. The van der Waals surface area contributed by atoms with Crippen molar-refractivity contribution in [2.24, 2.45) is 5.41 Å². The van der Waals surface area contributed by atoms with Gasteiger partial charge in [0.05, 0.1) is 5.41 Å². The molecule has 1 aliphatic rings. The summed E-state index contributed by atoms with van der Waals surface area (Å²) in [6, 6.07) is 3.68. The van der Waals surface area contributed by atoms with Crippen LogP contribution in [0.15, 0.2) is 16.6 Å². The molecule has 0 aromatic heterocycles. The monoisotopic (exact) mass is 328 g/mol. The maximum atomic E-state index is 11.2. The van der Waals surface area contributed by atoms with Crippen LogP contribution in [0.25, 0.3) is 0 Å². The Morgan fingerprint density at radius 3 is 2.37 bits per heavy atom. The average Bonchev–Trinajstić information content (AvgIpc) is 2.51. The van der Waals surface area contributed by atoms with Crippen molar-refractivity contribution in [3.63, 3.8) is 0 Å². The van der Waals surface area contributed by atoms with Crippen molar-refractivity contribution in [3.05, 3.63) is 22.2 Å². The lowest BCUT2D eigenvalue weighted by atomic mass is 9.86. The molecule has 0 radical (unpaired) electrons. The molecular weight excluding hydrogens is 312 g/mol. The van der Waals surface area contributed by atoms with Crippen LogP contribution in [0.1, 0.15) is 33.3 Å². The number of carboxylic acid groups (broad SMARTS) is 1. The highest BCUT2D eigenvalue weighted by atomic mass is 79.9. The summed E-state index contributed by atoms with van der Waals surface area (Å²) in [4.78, 5) is 11.2. The summed E-state index contributed by atoms with van der Waals surface area (Å²) in [5.74, 6) is -0.168. The van der Waals surface area contributed by atoms with Gasteiger partial charge in [-0.1, -0.05) is 15.9 Å². The summed E-state index contributed by atoms with van der Waals surface area (Å²) < 4.78 is 12.1. The van der Waals surface area contributed by atoms with Crippen molar-refractivity contribution in [1.29, 1.82) is 0 Å². The van der Waals surface area contributed by atoms with Gasteiger partial charge in [0.25, 0.3) is 0 Å². The Balaban J connectivity index is 2.33. The minimum absolute atomic E-state index is 0.417. The molecule has 0 bridgehead atoms. The van der Waals surface area contributed by atoms with E-state index in [9.17, 15) is 9.90 Å². The van der Waals surface area contributed by atoms with Gasteiger partial charge in [0.2, 0.25) is 5.79 Å². The first-order valence-corrected chi connectivity index (χ1v) is 6.84. The zero-order chi connectivity index (χ0) is 14.4. The molecule has 0 fully saturated rings. The quantitative estimate of drug-likeness (QED) is 0.920. The Morgan fingerprint density at radius 2 is 1.84 bits per heavy atom. The van der Waals surface area contributed by atoms with Crippen molar-refractivity contribution >= 4 is 21.9 Å². The van der Waals surface area contributed by atoms with Crippen LogP contribution in [-0.4, -0.2) is 16.9 Å². The summed E-state index contributed by atoms with van der Waals surface area (Å²) in [7, 11) is 0. The van der Waals surface area contributed by atoms with E-state index < -0.39 is 17.2 Å². The first-order valence-electron chi connectivity index (χ1n) is 6.05. The zero-order valence-corrected chi connectivity index (χ0v) is 13.0. The lowest BCUT2D eigenvalue weighted by Crippen LogP contribution is -2.29. The van der Waals surface area contributed by atoms with Crippen LogP contribution in [0.2, 0.25) is 0 Å². The smallest absolute Gasteiger partial charge is 0.309 e. The molecule has 0 aliphatic carbocycles. The van der Waals surface area contributed by atoms with Gasteiger partial charge < -0.3 is 14.6 Å². The second kappa shape index (κ2) is 4.40. The highest BCUT2D eigenvalue weighted by Crippen LogP contribution is 2.43. The van der Waals surface area contributed by atoms with Gasteiger partial charge in [0, 0.05) is 18.3 Å². The summed E-state index contributed by atoms with van der Waals surface area (Å²) >= 11 is 3.46. The van der Waals surface area contributed by atoms with Crippen molar-refractivity contribution < 1.29 is 19.4 Å². The normalized spacial score (nSPS) is 16.5. The van der Waals surface area contributed by atoms with Crippen molar-refractivity contribution in [2.45, 2.75) is 39.9 Å². The van der Waals surface area contributed by atoms with Gasteiger partial charge in [-0.15, -0.1) is 0 Å². The molecule has 0 spiro atoms. The number of aliphatic carboxylic acids is 1. The molecular formula is C14H17BrO4. The number of carboxylic acids is 1. The fourth-order valence-corrected chi connectivity index (χ4v) is 2.44. The third-order valence-corrected chi connectivity index (χ3v) is 3.77. The number of fused-ring (bicyclic) bond motifs is 1. The van der Waals surface area contributed by atoms with E-state index in [2.05, 4.69) is 15.9 Å². The maximum absolute atomic E-state index is 11.2. The highest BCUT2D eigenvalue weighted by molar-refractivity contribution is 9.10. The van der Waals surface area contributed by atoms with Crippen LogP contribution in [0.4, 0.5) is 0 Å². The molecule has 0 saturated heterocycles. The van der Waals surface area contributed by atoms with E-state index in [1.807, 2.05) is 26.0 Å². The van der Waals surface area contributed by atoms with Crippen LogP contribution in [0.3, 0.4) is 0 Å². The van der Waals surface area contributed by atoms with Crippen molar-refractivity contribution in [2.75, 3.05) is 0 Å². The van der Waals surface area contributed by atoms with Gasteiger partial charge in [-0.25, -0.2) is 0 Å². The zero-order valence-electron chi connectivity index (χ0n) is 11.4. The third kappa shape index (κ3) is 2.86. The lowest BCUT2D eigenvalue weighted by Gasteiger charge is -2.20. The number of rotatable bonds is 3. The Bertz CT molecular complexity index is 534. The molecule has 1 heterocycles. The molecule has 104 valence electrons. The highest BCUT2D eigenvalue weighted by Gasteiger charge is 2.34. The van der Waals surface area contributed by atoms with Crippen LogP contribution >= 0.6 is 15.9 Å². The fraction of sp³-hybridized carbons (Fsp3) is 0.500. The Morgan fingerprint density at radius 1 is 1.32 bits per heavy atom. The van der Waals surface area contributed by atoms with Gasteiger partial charge in [0.1, 0.15) is 0 Å². The Kier molecular flexibility index (Phi) is 3.29. The predicted octanol–water partition coefficient (Wildman–Crippen LogP) is 3.61. The van der Waals surface area contributed by atoms with E-state index in [1.165, 1.54) is 0 Å². The molecule has 1 aromatic carbocycles. The Hall–Kier alpha value is -1.23. The number of ether oxygens (including phenoxy) is 2. The molecule has 2 rings (SSSR count). The summed E-state index contributed by atoms with van der Waals surface area (Å²) in [5.41, 5.74) is 0.0681. The number of benzene rings is 1. The molecule has 0 unspecified atom stereocenters. The van der Waals surface area contributed by atoms with E-state index in [-0.39, 0.29) is 0 Å². The number of carbonyl (C=O) groups is 1. The van der Waals surface area contributed by atoms with Crippen LogP contribution in [-0.2, 0) is 11.2 Å². The molecule has 1 N–H and O–H groups in total. The molecule has 0 amide bonds. The summed E-state index contributed by atoms with van der Waals surface area (Å²) in [6.07, 6.45) is 0.417. The van der Waals surface area contributed by atoms with Gasteiger partial charge >= 0.3 is 5.97 Å². The molecule has 4 nitrogen and oxygen atoms in total. The van der Waals surface area contributed by atoms with E-state index in [4.69, 9.17) is 9.47 Å². The van der Waals surface area contributed by atoms with Crippen LogP contribution in [0, 0.1) is 5.41 Å². The SMILES string of the molecule is CC1(C)Oc2cc(Br)c(CC(C)(C)C(=O)O)cc2O1. The minimum Gasteiger partial charge on any atom is -0.481 e. The molecule has 5 heteroatoms. The van der Waals surface area contributed by atoms with Gasteiger partial charge in [-0.2, -0.15) is 0 Å². The van der Waals surface area contributed by atoms with Gasteiger partial charge in [0.15, 0.2) is 11.5 Å². The minimum atomic E-state index is -0.828. The molecule has 0 atom stereocenters. The lowest BCUT2D eigenvalue weighted by molar-refractivity contribution is -0.146. The fourth-order valence-electron chi connectivity index (χ4n) is 1.97. The molecule has 1 aromatic rings. The summed E-state index contributed by atoms with van der Waals surface area (Å²) in [5, 5.41) is 9.20. The second-order valence-corrected chi connectivity index (χ2v) is 6.71. The second-order valence-electron chi connectivity index (χ2n) is 5.86. The Labute approximate surface area is 120 Å². The molecule has 19 heavy (non-hydrogen) atoms. The number of hydrogen-bond acceptors (Lipinski definition) is 3. The van der Waals surface area contributed by atoms with Gasteiger partial charge in [-0.05, 0) is 38.0 Å². The number of hydrogen-bond donors (Lipinski definition) is 1. The predicted molar refractivity (Wildman–Crippen MR) is 74.6 cm³/mol. The number of halogens is 1. The standard InChI is InChI=1S/C14H17BrO4/c1-13(2,12(16)17)7-8-5-10-11(6-9(8)15)19-14(3,4)18-10/h5-6H,7H2,1-4H3,(H,16,17). The molecule has 1 aliphatic heterocycles. The van der Waals surface area contributed by atoms with E-state index in [1.54, 1.807) is 13.8 Å². The van der Waals surface area contributed by atoms with Crippen molar-refractivity contribution in [3.8, 4) is 11.5 Å². The topological polar surface area (TPSA) is 55.8 Å². The first-order chi connectivity index (χ1) is 8.61. The average molecular weight is 329 g/mol. The third-order valence-electron chi connectivity index (χ3n) is 3.04. The summed E-state index contributed by atoms with van der Waals surface area (Å²) in [6.45, 7) is 7.08. The molecule has 0 saturated carbocycles. The van der Waals surface area contributed by atoms with Crippen LogP contribution in [0.5, 0.6) is 11.5 Å². The van der Waals surface area contributed by atoms with Crippen molar-refractivity contribution in [1.82, 2.24) is 0 Å². The van der Waals surface area contributed by atoms with E-state index in [0.29, 0.717) is 17.9 Å². The van der Waals surface area contributed by atoms with Gasteiger partial charge in [-0.3, -0.25) is 4.79 Å². The first kappa shape index (κ1) is 14.2. The van der Waals surface area contributed by atoms with E-state index >= 15 is 0 Å².